The SMILES string of the molecule is CN(Cc1nnc2n1CCC2)C(=O)CCl. The van der Waals surface area contributed by atoms with Crippen LogP contribution in [0.25, 0.3) is 0 Å². The zero-order valence-corrected chi connectivity index (χ0v) is 9.37. The first-order chi connectivity index (χ1) is 7.22. The summed E-state index contributed by atoms with van der Waals surface area (Å²) in [6.07, 6.45) is 2.10. The van der Waals surface area contributed by atoms with E-state index in [0.717, 1.165) is 31.0 Å². The van der Waals surface area contributed by atoms with E-state index in [4.69, 9.17) is 11.6 Å². The summed E-state index contributed by atoms with van der Waals surface area (Å²) >= 11 is 5.47. The van der Waals surface area contributed by atoms with Crippen LogP contribution in [0.4, 0.5) is 0 Å². The number of carbonyl (C=O) groups excluding carboxylic acids is 1. The van der Waals surface area contributed by atoms with Crippen LogP contribution < -0.4 is 0 Å². The van der Waals surface area contributed by atoms with Gasteiger partial charge < -0.3 is 9.47 Å². The van der Waals surface area contributed by atoms with Gasteiger partial charge in [-0.2, -0.15) is 0 Å². The van der Waals surface area contributed by atoms with Crippen LogP contribution in [-0.2, 0) is 24.3 Å². The van der Waals surface area contributed by atoms with Gasteiger partial charge in [0.15, 0.2) is 5.82 Å². The smallest absolute Gasteiger partial charge is 0.237 e. The van der Waals surface area contributed by atoms with Crippen molar-refractivity contribution in [2.24, 2.45) is 0 Å². The number of carbonyl (C=O) groups is 1. The zero-order chi connectivity index (χ0) is 10.8. The van der Waals surface area contributed by atoms with Crippen LogP contribution in [0.3, 0.4) is 0 Å². The highest BCUT2D eigenvalue weighted by Crippen LogP contribution is 2.14. The molecule has 0 aromatic carbocycles. The topological polar surface area (TPSA) is 51.0 Å². The van der Waals surface area contributed by atoms with Gasteiger partial charge >= 0.3 is 0 Å². The third-order valence-corrected chi connectivity index (χ3v) is 2.83. The molecule has 15 heavy (non-hydrogen) atoms. The third-order valence-electron chi connectivity index (χ3n) is 2.60. The lowest BCUT2D eigenvalue weighted by molar-refractivity contribution is -0.127. The Morgan fingerprint density at radius 1 is 1.60 bits per heavy atom. The molecule has 0 spiro atoms. The monoisotopic (exact) mass is 228 g/mol. The van der Waals surface area contributed by atoms with Crippen molar-refractivity contribution in [1.82, 2.24) is 19.7 Å². The molecule has 0 radical (unpaired) electrons. The molecule has 6 heteroatoms. The van der Waals surface area contributed by atoms with Crippen molar-refractivity contribution in [1.29, 1.82) is 0 Å². The van der Waals surface area contributed by atoms with E-state index in [1.165, 1.54) is 0 Å². The second-order valence-corrected chi connectivity index (χ2v) is 3.94. The average molecular weight is 229 g/mol. The Kier molecular flexibility index (Phi) is 2.90. The van der Waals surface area contributed by atoms with Crippen LogP contribution in [-0.4, -0.2) is 38.5 Å². The van der Waals surface area contributed by atoms with Crippen molar-refractivity contribution < 1.29 is 4.79 Å². The highest BCUT2D eigenvalue weighted by Gasteiger charge is 2.19. The number of amides is 1. The molecule has 0 saturated heterocycles. The molecule has 1 aliphatic rings. The summed E-state index contributed by atoms with van der Waals surface area (Å²) in [6.45, 7) is 1.44. The number of aromatic nitrogens is 3. The average Bonchev–Trinajstić information content (AvgIpc) is 2.81. The Bertz CT molecular complexity index is 376. The summed E-state index contributed by atoms with van der Waals surface area (Å²) in [5.74, 6) is 1.80. The quantitative estimate of drug-likeness (QED) is 0.705. The van der Waals surface area contributed by atoms with Crippen LogP contribution >= 0.6 is 11.6 Å². The predicted molar refractivity (Wildman–Crippen MR) is 55.5 cm³/mol. The molecule has 0 saturated carbocycles. The van der Waals surface area contributed by atoms with E-state index in [0.29, 0.717) is 6.54 Å². The molecule has 2 rings (SSSR count). The first-order valence-electron chi connectivity index (χ1n) is 4.93. The van der Waals surface area contributed by atoms with Gasteiger partial charge in [0.25, 0.3) is 0 Å². The van der Waals surface area contributed by atoms with Crippen LogP contribution in [0.2, 0.25) is 0 Å². The van der Waals surface area contributed by atoms with Crippen molar-refractivity contribution in [3.63, 3.8) is 0 Å². The summed E-state index contributed by atoms with van der Waals surface area (Å²) < 4.78 is 2.08. The number of hydrogen-bond donors (Lipinski definition) is 0. The minimum Gasteiger partial charge on any atom is -0.337 e. The minimum absolute atomic E-state index is 0.0114. The molecule has 0 atom stereocenters. The van der Waals surface area contributed by atoms with Crippen molar-refractivity contribution in [3.8, 4) is 0 Å². The molecular formula is C9H13ClN4O. The molecule has 0 N–H and O–H groups in total. The predicted octanol–water partition coefficient (Wildman–Crippen LogP) is 0.421. The van der Waals surface area contributed by atoms with E-state index < -0.39 is 0 Å². The van der Waals surface area contributed by atoms with E-state index in [-0.39, 0.29) is 11.8 Å². The molecule has 0 unspecified atom stereocenters. The number of rotatable bonds is 3. The highest BCUT2D eigenvalue weighted by atomic mass is 35.5. The van der Waals surface area contributed by atoms with Crippen LogP contribution in [0.5, 0.6) is 0 Å². The molecular weight excluding hydrogens is 216 g/mol. The number of hydrogen-bond acceptors (Lipinski definition) is 3. The lowest BCUT2D eigenvalue weighted by Crippen LogP contribution is -2.28. The minimum atomic E-state index is -0.0907. The molecule has 82 valence electrons. The van der Waals surface area contributed by atoms with Gasteiger partial charge in [0, 0.05) is 20.0 Å². The van der Waals surface area contributed by atoms with Crippen molar-refractivity contribution in [2.45, 2.75) is 25.9 Å². The number of aryl methyl sites for hydroxylation is 1. The number of fused-ring (bicyclic) bond motifs is 1. The molecule has 2 heterocycles. The molecule has 0 fully saturated rings. The largest absolute Gasteiger partial charge is 0.337 e. The van der Waals surface area contributed by atoms with E-state index in [9.17, 15) is 4.79 Å². The van der Waals surface area contributed by atoms with Crippen molar-refractivity contribution in [2.75, 3.05) is 12.9 Å². The number of nitrogens with zero attached hydrogens (tertiary/aromatic N) is 4. The van der Waals surface area contributed by atoms with Crippen LogP contribution in [0.15, 0.2) is 0 Å². The number of halogens is 1. The Morgan fingerprint density at radius 2 is 2.40 bits per heavy atom. The summed E-state index contributed by atoms with van der Waals surface area (Å²) in [6, 6.07) is 0. The van der Waals surface area contributed by atoms with E-state index in [1.807, 2.05) is 0 Å². The molecule has 1 aliphatic heterocycles. The van der Waals surface area contributed by atoms with Gasteiger partial charge in [-0.05, 0) is 6.42 Å². The summed E-state index contributed by atoms with van der Waals surface area (Å²) in [7, 11) is 1.72. The molecule has 0 aliphatic carbocycles. The summed E-state index contributed by atoms with van der Waals surface area (Å²) in [5.41, 5.74) is 0. The van der Waals surface area contributed by atoms with Gasteiger partial charge in [-0.1, -0.05) is 0 Å². The first-order valence-corrected chi connectivity index (χ1v) is 5.46. The second-order valence-electron chi connectivity index (χ2n) is 3.67. The standard InChI is InChI=1S/C9H13ClN4O/c1-13(9(15)5-10)6-8-12-11-7-3-2-4-14(7)8/h2-6H2,1H3. The van der Waals surface area contributed by atoms with Gasteiger partial charge in [-0.25, -0.2) is 0 Å². The van der Waals surface area contributed by atoms with E-state index in [2.05, 4.69) is 14.8 Å². The van der Waals surface area contributed by atoms with Gasteiger partial charge in [0.1, 0.15) is 11.7 Å². The zero-order valence-electron chi connectivity index (χ0n) is 8.61. The molecule has 1 amide bonds. The second kappa shape index (κ2) is 4.18. The van der Waals surface area contributed by atoms with Gasteiger partial charge in [-0.3, -0.25) is 4.79 Å². The lowest BCUT2D eigenvalue weighted by atomic mass is 10.4. The van der Waals surface area contributed by atoms with Crippen molar-refractivity contribution in [3.05, 3.63) is 11.6 Å². The fourth-order valence-electron chi connectivity index (χ4n) is 1.73. The first kappa shape index (κ1) is 10.4. The Hall–Kier alpha value is -1.10. The van der Waals surface area contributed by atoms with Gasteiger partial charge in [-0.15, -0.1) is 21.8 Å². The van der Waals surface area contributed by atoms with E-state index >= 15 is 0 Å². The highest BCUT2D eigenvalue weighted by molar-refractivity contribution is 6.27. The van der Waals surface area contributed by atoms with E-state index in [1.54, 1.807) is 11.9 Å². The number of alkyl halides is 1. The molecule has 0 bridgehead atoms. The third kappa shape index (κ3) is 1.97. The maximum atomic E-state index is 11.3. The maximum absolute atomic E-state index is 11.3. The molecule has 5 nitrogen and oxygen atoms in total. The van der Waals surface area contributed by atoms with Gasteiger partial charge in [0.05, 0.1) is 6.54 Å². The maximum Gasteiger partial charge on any atom is 0.237 e. The van der Waals surface area contributed by atoms with Crippen molar-refractivity contribution >= 4 is 17.5 Å². The molecule has 1 aromatic rings. The Morgan fingerprint density at radius 3 is 3.13 bits per heavy atom. The normalized spacial score (nSPS) is 14.0. The Balaban J connectivity index is 2.08. The van der Waals surface area contributed by atoms with Crippen LogP contribution in [0.1, 0.15) is 18.1 Å². The molecule has 1 aromatic heterocycles. The Labute approximate surface area is 93.0 Å². The summed E-state index contributed by atoms with van der Waals surface area (Å²) in [4.78, 5) is 12.8. The fourth-order valence-corrected chi connectivity index (χ4v) is 1.93. The van der Waals surface area contributed by atoms with Crippen LogP contribution in [0, 0.1) is 0 Å². The fraction of sp³-hybridized carbons (Fsp3) is 0.667. The van der Waals surface area contributed by atoms with Gasteiger partial charge in [0.2, 0.25) is 5.91 Å². The lowest BCUT2D eigenvalue weighted by Gasteiger charge is -2.14. The summed E-state index contributed by atoms with van der Waals surface area (Å²) in [5, 5.41) is 8.15.